The molecule has 0 aromatic heterocycles. The van der Waals surface area contributed by atoms with Crippen molar-refractivity contribution in [3.63, 3.8) is 0 Å². The van der Waals surface area contributed by atoms with Gasteiger partial charge in [-0.05, 0) is 0 Å². The Morgan fingerprint density at radius 3 is 1.16 bits per heavy atom. The van der Waals surface area contributed by atoms with E-state index in [-0.39, 0.29) is 76.9 Å². The summed E-state index contributed by atoms with van der Waals surface area (Å²) in [5, 5.41) is 57.9. The average Bonchev–Trinajstić information content (AvgIpc) is 2.66. The van der Waals surface area contributed by atoms with Gasteiger partial charge in [-0.15, -0.1) is 0 Å². The number of carboxylic acids is 2. The maximum Gasteiger partial charge on any atom is 0.305 e. The molecule has 8 N–H and O–H groups in total. The van der Waals surface area contributed by atoms with Crippen LogP contribution in [0.3, 0.4) is 0 Å². The summed E-state index contributed by atoms with van der Waals surface area (Å²) in [7, 11) is 0. The summed E-state index contributed by atoms with van der Waals surface area (Å²) in [6.45, 7) is 5.41. The molecule has 0 bridgehead atoms. The van der Waals surface area contributed by atoms with Crippen LogP contribution in [-0.2, 0) is 19.2 Å². The fourth-order valence-corrected chi connectivity index (χ4v) is 1.66. The number of carbonyl (C=O) groups is 4. The molecule has 2 atom stereocenters. The summed E-state index contributed by atoms with van der Waals surface area (Å²) in [6, 6.07) is 0. The maximum atomic E-state index is 11.3. The van der Waals surface area contributed by atoms with Crippen molar-refractivity contribution in [3.8, 4) is 0 Å². The molecule has 2 radical (unpaired) electrons. The first-order valence-corrected chi connectivity index (χ1v) is 9.19. The molecule has 0 spiro atoms. The Bertz CT molecular complexity index is 534. The van der Waals surface area contributed by atoms with Crippen molar-refractivity contribution in [1.82, 2.24) is 10.6 Å². The Labute approximate surface area is 211 Å². The van der Waals surface area contributed by atoms with Gasteiger partial charge in [-0.3, -0.25) is 19.2 Å². The van der Waals surface area contributed by atoms with Gasteiger partial charge in [-0.25, -0.2) is 0 Å². The number of hydrogen-bond acceptors (Lipinski definition) is 8. The van der Waals surface area contributed by atoms with Crippen LogP contribution in [0, 0.1) is 10.8 Å². The van der Waals surface area contributed by atoms with Gasteiger partial charge in [0.2, 0.25) is 11.8 Å². The van der Waals surface area contributed by atoms with Gasteiger partial charge < -0.3 is 41.3 Å². The Hall–Kier alpha value is -1.02. The minimum Gasteiger partial charge on any atom is -0.481 e. The fourth-order valence-electron chi connectivity index (χ4n) is 1.66. The first-order valence-electron chi connectivity index (χ1n) is 9.19. The van der Waals surface area contributed by atoms with E-state index in [2.05, 4.69) is 10.6 Å². The number of aliphatic carboxylic acids is 2. The number of carboxylic acid groups (broad SMARTS) is 2. The molecule has 12 nitrogen and oxygen atoms in total. The molecule has 0 saturated carbocycles. The van der Waals surface area contributed by atoms with Crippen LogP contribution in [-0.4, -0.2) is 131 Å². The van der Waals surface area contributed by atoms with Crippen LogP contribution in [0.2, 0.25) is 0 Å². The van der Waals surface area contributed by atoms with Gasteiger partial charge in [0, 0.05) is 61.7 Å². The van der Waals surface area contributed by atoms with Gasteiger partial charge in [0.15, 0.2) is 0 Å². The molecule has 0 aliphatic heterocycles. The van der Waals surface area contributed by atoms with Gasteiger partial charge in [0.05, 0.1) is 26.1 Å². The van der Waals surface area contributed by atoms with Gasteiger partial charge in [-0.2, -0.15) is 0 Å². The molecule has 0 aliphatic carbocycles. The Morgan fingerprint density at radius 1 is 0.710 bits per heavy atom. The fraction of sp³-hybridized carbons (Fsp3) is 0.778. The van der Waals surface area contributed by atoms with Crippen LogP contribution in [0.1, 0.15) is 40.5 Å². The first-order chi connectivity index (χ1) is 13.6. The summed E-state index contributed by atoms with van der Waals surface area (Å²) >= 11 is 0. The van der Waals surface area contributed by atoms with E-state index < -0.39 is 46.8 Å². The molecular formula is C18H34CaN2O10. The molecule has 0 aromatic carbocycles. The normalized spacial score (nSPS) is 12.9. The predicted octanol–water partition coefficient (Wildman–Crippen LogP) is -2.47. The van der Waals surface area contributed by atoms with Gasteiger partial charge in [0.1, 0.15) is 12.2 Å². The summed E-state index contributed by atoms with van der Waals surface area (Å²) in [5.74, 6) is -3.39. The van der Waals surface area contributed by atoms with E-state index in [9.17, 15) is 29.4 Å². The third-order valence-electron chi connectivity index (χ3n) is 4.07. The Morgan fingerprint density at radius 2 is 0.968 bits per heavy atom. The molecule has 0 aromatic rings. The minimum atomic E-state index is -1.35. The van der Waals surface area contributed by atoms with Gasteiger partial charge in [-0.1, -0.05) is 27.7 Å². The second-order valence-electron chi connectivity index (χ2n) is 7.97. The number of nitrogens with one attached hydrogen (secondary N) is 2. The molecule has 0 aliphatic rings. The number of aliphatic hydroxyl groups is 4. The van der Waals surface area contributed by atoms with E-state index in [1.54, 1.807) is 0 Å². The zero-order chi connectivity index (χ0) is 24.1. The van der Waals surface area contributed by atoms with Crippen molar-refractivity contribution >= 4 is 61.5 Å². The van der Waals surface area contributed by atoms with E-state index in [0.29, 0.717) is 0 Å². The predicted molar refractivity (Wildman–Crippen MR) is 110 cm³/mol. The molecule has 0 unspecified atom stereocenters. The summed E-state index contributed by atoms with van der Waals surface area (Å²) in [4.78, 5) is 42.8. The van der Waals surface area contributed by atoms with Crippen molar-refractivity contribution < 1.29 is 49.8 Å². The molecule has 2 amide bonds. The second kappa shape index (κ2) is 16.6. The van der Waals surface area contributed by atoms with Crippen LogP contribution in [0.4, 0.5) is 0 Å². The Kier molecular flexibility index (Phi) is 18.5. The van der Waals surface area contributed by atoms with Gasteiger partial charge >= 0.3 is 11.9 Å². The number of carbonyl (C=O) groups excluding carboxylic acids is 2. The largest absolute Gasteiger partial charge is 0.481 e. The second-order valence-corrected chi connectivity index (χ2v) is 7.97. The smallest absolute Gasteiger partial charge is 0.305 e. The van der Waals surface area contributed by atoms with E-state index >= 15 is 0 Å². The van der Waals surface area contributed by atoms with Crippen molar-refractivity contribution in [1.29, 1.82) is 0 Å². The maximum absolute atomic E-state index is 11.3. The molecular weight excluding hydrogens is 452 g/mol. The Balaban J connectivity index is -0.000000490. The quantitative estimate of drug-likeness (QED) is 0.0827. The summed E-state index contributed by atoms with van der Waals surface area (Å²) in [6.07, 6.45) is -3.09. The topological polar surface area (TPSA) is 214 Å². The van der Waals surface area contributed by atoms with Crippen LogP contribution in [0.15, 0.2) is 0 Å². The SMILES string of the molecule is CC(C)(CO)[C@@H](O)C(=O)[15NH][13CH2][13CH2][13C](=O)O.CC(C)(CO)[C@@H](O)C(=O)[15NH][13CH2][13CH2][13C](=O)O.[Ca]. The molecule has 0 saturated heterocycles. The van der Waals surface area contributed by atoms with Crippen LogP contribution < -0.4 is 10.6 Å². The molecule has 0 fully saturated rings. The molecule has 178 valence electrons. The average molecular weight is 486 g/mol. The third-order valence-corrected chi connectivity index (χ3v) is 4.07. The number of amides is 2. The van der Waals surface area contributed by atoms with E-state index in [1.807, 2.05) is 0 Å². The number of hydrogen-bond donors (Lipinski definition) is 8. The third kappa shape index (κ3) is 15.4. The molecule has 0 rings (SSSR count). The monoisotopic (exact) mass is 486 g/mol. The standard InChI is InChI=1S/2C9H17NO5.Ca/c2*1-9(2,5-11)7(14)8(15)10-4-3-6(12)13;/h2*7,11,14H,3-5H2,1-2H3,(H,10,15)(H,12,13);/t2*7-;/m00./s1/i2*3+1,4+1,6+1,10+1;. The number of aliphatic hydroxyl groups excluding tert-OH is 4. The van der Waals surface area contributed by atoms with Crippen molar-refractivity contribution in [2.75, 3.05) is 26.3 Å². The first kappa shape index (κ1) is 34.6. The molecule has 13 heteroatoms. The van der Waals surface area contributed by atoms with E-state index in [0.717, 1.165) is 0 Å². The van der Waals surface area contributed by atoms with Crippen LogP contribution in [0.5, 0.6) is 0 Å². The van der Waals surface area contributed by atoms with Crippen molar-refractivity contribution in [2.45, 2.75) is 52.7 Å². The summed E-state index contributed by atoms with van der Waals surface area (Å²) < 4.78 is 0. The van der Waals surface area contributed by atoms with Crippen molar-refractivity contribution in [3.05, 3.63) is 0 Å². The zero-order valence-electron chi connectivity index (χ0n) is 18.4. The zero-order valence-corrected chi connectivity index (χ0v) is 20.6. The number of rotatable bonds is 12. The van der Waals surface area contributed by atoms with Crippen LogP contribution in [0.25, 0.3) is 0 Å². The minimum absolute atomic E-state index is 0. The van der Waals surface area contributed by atoms with Crippen LogP contribution >= 0.6 is 0 Å². The van der Waals surface area contributed by atoms with E-state index in [1.165, 1.54) is 27.7 Å². The molecule has 0 heterocycles. The summed E-state index contributed by atoms with van der Waals surface area (Å²) in [5.41, 5.74) is -1.87. The molecule has 31 heavy (non-hydrogen) atoms. The van der Waals surface area contributed by atoms with Gasteiger partial charge in [0.25, 0.3) is 0 Å². The van der Waals surface area contributed by atoms with Crippen molar-refractivity contribution in [2.24, 2.45) is 10.8 Å². The van der Waals surface area contributed by atoms with E-state index in [4.69, 9.17) is 20.4 Å².